The smallest absolute Gasteiger partial charge is 0.227 e. The highest BCUT2D eigenvalue weighted by molar-refractivity contribution is 5.69. The number of nitrogens with zero attached hydrogens (tertiary/aromatic N) is 2. The summed E-state index contributed by atoms with van der Waals surface area (Å²) in [6, 6.07) is 12.9. The maximum absolute atomic E-state index is 9.38. The van der Waals surface area contributed by atoms with Crippen LogP contribution in [-0.4, -0.2) is 41.5 Å². The standard InChI is InChI=1S/C23H26N4O4/c1-29-22-13-17(4-2-16(22)14-28)26-23-25-9-6-20(27-23)15-3-5-21(19(24)12-15)31-18-7-10-30-11-8-18/h2-6,9,12-13,18,28H,7-8,10-11,14,24H2,1H3,(H,25,26,27). The highest BCUT2D eigenvalue weighted by Gasteiger charge is 2.17. The van der Waals surface area contributed by atoms with Crippen molar-refractivity contribution in [3.63, 3.8) is 0 Å². The van der Waals surface area contributed by atoms with E-state index in [4.69, 9.17) is 19.9 Å². The van der Waals surface area contributed by atoms with Gasteiger partial charge in [-0.1, -0.05) is 6.07 Å². The number of hydrogen-bond acceptors (Lipinski definition) is 8. The summed E-state index contributed by atoms with van der Waals surface area (Å²) in [6.45, 7) is 1.34. The monoisotopic (exact) mass is 422 g/mol. The number of rotatable bonds is 7. The van der Waals surface area contributed by atoms with Crippen LogP contribution in [0.5, 0.6) is 11.5 Å². The van der Waals surface area contributed by atoms with Crippen LogP contribution in [0.15, 0.2) is 48.7 Å². The van der Waals surface area contributed by atoms with Gasteiger partial charge in [-0.3, -0.25) is 0 Å². The lowest BCUT2D eigenvalue weighted by Crippen LogP contribution is -2.26. The number of ether oxygens (including phenoxy) is 3. The molecule has 2 aromatic carbocycles. The number of benzene rings is 2. The third kappa shape index (κ3) is 5.04. The van der Waals surface area contributed by atoms with E-state index >= 15 is 0 Å². The van der Waals surface area contributed by atoms with Gasteiger partial charge < -0.3 is 30.4 Å². The molecule has 0 aliphatic carbocycles. The molecule has 4 rings (SSSR count). The van der Waals surface area contributed by atoms with Crippen molar-refractivity contribution in [3.05, 3.63) is 54.2 Å². The van der Waals surface area contributed by atoms with Crippen molar-refractivity contribution in [2.75, 3.05) is 31.4 Å². The van der Waals surface area contributed by atoms with Crippen molar-refractivity contribution in [1.29, 1.82) is 0 Å². The Kier molecular flexibility index (Phi) is 6.49. The molecule has 1 aliphatic heterocycles. The molecule has 2 heterocycles. The molecule has 1 fully saturated rings. The zero-order valence-corrected chi connectivity index (χ0v) is 17.4. The third-order valence-electron chi connectivity index (χ3n) is 5.14. The molecule has 3 aromatic rings. The third-order valence-corrected chi connectivity index (χ3v) is 5.14. The summed E-state index contributed by atoms with van der Waals surface area (Å²) in [6.07, 6.45) is 3.55. The first-order chi connectivity index (χ1) is 15.2. The molecule has 0 spiro atoms. The summed E-state index contributed by atoms with van der Waals surface area (Å²) < 4.78 is 16.7. The van der Waals surface area contributed by atoms with E-state index in [1.165, 1.54) is 0 Å². The molecule has 0 saturated carbocycles. The van der Waals surface area contributed by atoms with Crippen molar-refractivity contribution in [2.45, 2.75) is 25.6 Å². The summed E-state index contributed by atoms with van der Waals surface area (Å²) >= 11 is 0. The van der Waals surface area contributed by atoms with Crippen molar-refractivity contribution < 1.29 is 19.3 Å². The Morgan fingerprint density at radius 1 is 1.13 bits per heavy atom. The van der Waals surface area contributed by atoms with Gasteiger partial charge in [0, 0.05) is 41.9 Å². The molecule has 1 saturated heterocycles. The van der Waals surface area contributed by atoms with E-state index in [2.05, 4.69) is 15.3 Å². The van der Waals surface area contributed by atoms with Crippen LogP contribution in [0, 0.1) is 0 Å². The molecule has 1 aromatic heterocycles. The zero-order chi connectivity index (χ0) is 21.6. The highest BCUT2D eigenvalue weighted by atomic mass is 16.5. The van der Waals surface area contributed by atoms with Gasteiger partial charge in [0.15, 0.2) is 0 Å². The largest absolute Gasteiger partial charge is 0.496 e. The van der Waals surface area contributed by atoms with Gasteiger partial charge in [-0.15, -0.1) is 0 Å². The lowest BCUT2D eigenvalue weighted by molar-refractivity contribution is 0.0259. The fraction of sp³-hybridized carbons (Fsp3) is 0.304. The minimum Gasteiger partial charge on any atom is -0.496 e. The molecule has 4 N–H and O–H groups in total. The number of nitrogen functional groups attached to an aromatic ring is 1. The molecule has 0 unspecified atom stereocenters. The first-order valence-electron chi connectivity index (χ1n) is 10.2. The predicted molar refractivity (Wildman–Crippen MR) is 119 cm³/mol. The normalized spacial score (nSPS) is 14.3. The van der Waals surface area contributed by atoms with Gasteiger partial charge in [-0.25, -0.2) is 9.97 Å². The second-order valence-corrected chi connectivity index (χ2v) is 7.26. The van der Waals surface area contributed by atoms with Crippen LogP contribution < -0.4 is 20.5 Å². The Morgan fingerprint density at radius 2 is 1.97 bits per heavy atom. The number of nitrogens with one attached hydrogen (secondary N) is 1. The van der Waals surface area contributed by atoms with Gasteiger partial charge in [0.05, 0.1) is 38.3 Å². The van der Waals surface area contributed by atoms with E-state index in [1.807, 2.05) is 30.3 Å². The Bertz CT molecular complexity index is 1040. The summed E-state index contributed by atoms with van der Waals surface area (Å²) in [5, 5.41) is 12.5. The Balaban J connectivity index is 1.50. The van der Waals surface area contributed by atoms with Crippen LogP contribution in [0.4, 0.5) is 17.3 Å². The Morgan fingerprint density at radius 3 is 2.71 bits per heavy atom. The molecule has 0 atom stereocenters. The molecule has 0 radical (unpaired) electrons. The summed E-state index contributed by atoms with van der Waals surface area (Å²) in [7, 11) is 1.56. The van der Waals surface area contributed by atoms with Crippen LogP contribution in [0.2, 0.25) is 0 Å². The van der Waals surface area contributed by atoms with Gasteiger partial charge in [0.2, 0.25) is 5.95 Å². The maximum atomic E-state index is 9.38. The lowest BCUT2D eigenvalue weighted by atomic mass is 10.1. The maximum Gasteiger partial charge on any atom is 0.227 e. The number of hydrogen-bond donors (Lipinski definition) is 3. The van der Waals surface area contributed by atoms with Crippen LogP contribution >= 0.6 is 0 Å². The lowest BCUT2D eigenvalue weighted by Gasteiger charge is -2.24. The van der Waals surface area contributed by atoms with E-state index < -0.39 is 0 Å². The second kappa shape index (κ2) is 9.63. The Hall–Kier alpha value is -3.36. The average molecular weight is 422 g/mol. The molecule has 1 aliphatic rings. The number of aromatic nitrogens is 2. The summed E-state index contributed by atoms with van der Waals surface area (Å²) in [5.74, 6) is 1.72. The minimum atomic E-state index is -0.0922. The van der Waals surface area contributed by atoms with Gasteiger partial charge in [-0.2, -0.15) is 0 Å². The van der Waals surface area contributed by atoms with E-state index in [0.717, 1.165) is 29.8 Å². The van der Waals surface area contributed by atoms with Crippen LogP contribution in [0.1, 0.15) is 18.4 Å². The molecule has 31 heavy (non-hydrogen) atoms. The summed E-state index contributed by atoms with van der Waals surface area (Å²) in [4.78, 5) is 8.89. The predicted octanol–water partition coefficient (Wildman–Crippen LogP) is 3.53. The number of aliphatic hydroxyl groups is 1. The molecular formula is C23H26N4O4. The Labute approximate surface area is 181 Å². The molecule has 162 valence electrons. The van der Waals surface area contributed by atoms with Gasteiger partial charge >= 0.3 is 0 Å². The first kappa shape index (κ1) is 20.9. The molecule has 0 bridgehead atoms. The number of anilines is 3. The van der Waals surface area contributed by atoms with E-state index in [9.17, 15) is 5.11 Å². The fourth-order valence-electron chi connectivity index (χ4n) is 3.45. The second-order valence-electron chi connectivity index (χ2n) is 7.26. The van der Waals surface area contributed by atoms with E-state index in [1.54, 1.807) is 25.4 Å². The molecular weight excluding hydrogens is 396 g/mol. The number of methoxy groups -OCH3 is 1. The van der Waals surface area contributed by atoms with Crippen molar-refractivity contribution >= 4 is 17.3 Å². The number of aliphatic hydroxyl groups excluding tert-OH is 1. The fourth-order valence-corrected chi connectivity index (χ4v) is 3.45. The van der Waals surface area contributed by atoms with E-state index in [0.29, 0.717) is 41.9 Å². The van der Waals surface area contributed by atoms with Gasteiger partial charge in [0.1, 0.15) is 17.6 Å². The van der Waals surface area contributed by atoms with Crippen LogP contribution in [0.3, 0.4) is 0 Å². The molecule has 8 heteroatoms. The van der Waals surface area contributed by atoms with Gasteiger partial charge in [-0.05, 0) is 30.3 Å². The van der Waals surface area contributed by atoms with Crippen molar-refractivity contribution in [3.8, 4) is 22.8 Å². The van der Waals surface area contributed by atoms with E-state index in [-0.39, 0.29) is 12.7 Å². The summed E-state index contributed by atoms with van der Waals surface area (Å²) in [5.41, 5.74) is 9.89. The van der Waals surface area contributed by atoms with Crippen LogP contribution in [-0.2, 0) is 11.3 Å². The quantitative estimate of drug-likeness (QED) is 0.496. The van der Waals surface area contributed by atoms with Crippen LogP contribution in [0.25, 0.3) is 11.3 Å². The first-order valence-corrected chi connectivity index (χ1v) is 10.2. The number of nitrogens with two attached hydrogens (primary N) is 1. The van der Waals surface area contributed by atoms with Gasteiger partial charge in [0.25, 0.3) is 0 Å². The van der Waals surface area contributed by atoms with Crippen molar-refractivity contribution in [1.82, 2.24) is 9.97 Å². The van der Waals surface area contributed by atoms with Crippen molar-refractivity contribution in [2.24, 2.45) is 0 Å². The zero-order valence-electron chi connectivity index (χ0n) is 17.4. The highest BCUT2D eigenvalue weighted by Crippen LogP contribution is 2.30. The molecule has 0 amide bonds. The topological polar surface area (TPSA) is 112 Å². The SMILES string of the molecule is COc1cc(Nc2nccc(-c3ccc(OC4CCOCC4)c(N)c3)n2)ccc1CO. The average Bonchev–Trinajstić information content (AvgIpc) is 2.81. The molecule has 8 nitrogen and oxygen atoms in total. The minimum absolute atomic E-state index is 0.0922.